The molecule has 1 aromatic carbocycles. The highest BCUT2D eigenvalue weighted by atomic mass is 32.2. The van der Waals surface area contributed by atoms with E-state index in [1.807, 2.05) is 12.1 Å². The highest BCUT2D eigenvalue weighted by Crippen LogP contribution is 2.18. The van der Waals surface area contributed by atoms with Crippen LogP contribution in [0.4, 0.5) is 0 Å². The fraction of sp³-hybridized carbons (Fsp3) is 0.533. The van der Waals surface area contributed by atoms with Gasteiger partial charge in [0, 0.05) is 12.8 Å². The lowest BCUT2D eigenvalue weighted by molar-refractivity contribution is -0.118. The van der Waals surface area contributed by atoms with Crippen molar-refractivity contribution in [1.29, 1.82) is 0 Å². The minimum atomic E-state index is -3.26. The Hall–Kier alpha value is -1.16. The average Bonchev–Trinajstić information content (AvgIpc) is 2.38. The second-order valence-corrected chi connectivity index (χ2v) is 7.15. The van der Waals surface area contributed by atoms with Crippen molar-refractivity contribution in [3.8, 4) is 0 Å². The quantitative estimate of drug-likeness (QED) is 0.770. The van der Waals surface area contributed by atoms with Gasteiger partial charge in [-0.15, -0.1) is 0 Å². The van der Waals surface area contributed by atoms with E-state index >= 15 is 0 Å². The molecule has 0 unspecified atom stereocenters. The van der Waals surface area contributed by atoms with Gasteiger partial charge in [-0.2, -0.15) is 0 Å². The van der Waals surface area contributed by atoms with Crippen LogP contribution >= 0.6 is 0 Å². The van der Waals surface area contributed by atoms with Crippen LogP contribution in [0.5, 0.6) is 0 Å². The number of benzene rings is 1. The molecule has 1 rings (SSSR count). The molecule has 0 N–H and O–H groups in total. The Morgan fingerprint density at radius 3 is 2.21 bits per heavy atom. The molecule has 0 aliphatic rings. The zero-order valence-corrected chi connectivity index (χ0v) is 12.7. The normalized spacial score (nSPS) is 11.8. The van der Waals surface area contributed by atoms with Crippen molar-refractivity contribution >= 4 is 15.6 Å². The second kappa shape index (κ2) is 6.85. The van der Waals surface area contributed by atoms with Gasteiger partial charge in [-0.1, -0.05) is 32.9 Å². The largest absolute Gasteiger partial charge is 0.300 e. The maximum atomic E-state index is 12.1. The molecule has 0 aromatic heterocycles. The highest BCUT2D eigenvalue weighted by molar-refractivity contribution is 7.91. The van der Waals surface area contributed by atoms with Crippen LogP contribution in [0.2, 0.25) is 0 Å². The molecule has 0 bridgehead atoms. The van der Waals surface area contributed by atoms with Gasteiger partial charge in [0.2, 0.25) is 0 Å². The van der Waals surface area contributed by atoms with Gasteiger partial charge in [0.1, 0.15) is 5.78 Å². The predicted molar refractivity (Wildman–Crippen MR) is 77.1 cm³/mol. The molecule has 0 aliphatic heterocycles. The minimum absolute atomic E-state index is 0.0414. The number of rotatable bonds is 7. The lowest BCUT2D eigenvalue weighted by Gasteiger charge is -2.07. The Labute approximate surface area is 116 Å². The molecular formula is C15H22O3S. The van der Waals surface area contributed by atoms with Crippen molar-refractivity contribution < 1.29 is 13.2 Å². The average molecular weight is 282 g/mol. The van der Waals surface area contributed by atoms with Crippen LogP contribution in [0.1, 0.15) is 51.5 Å². The van der Waals surface area contributed by atoms with Crippen molar-refractivity contribution in [2.24, 2.45) is 0 Å². The van der Waals surface area contributed by atoms with E-state index in [1.165, 1.54) is 0 Å². The van der Waals surface area contributed by atoms with Crippen LogP contribution < -0.4 is 0 Å². The summed E-state index contributed by atoms with van der Waals surface area (Å²) in [5, 5.41) is 0. The zero-order valence-electron chi connectivity index (χ0n) is 11.8. The van der Waals surface area contributed by atoms with Crippen molar-refractivity contribution in [3.63, 3.8) is 0 Å². The van der Waals surface area contributed by atoms with E-state index in [2.05, 4.69) is 13.8 Å². The SMILES string of the molecule is CCC(=O)CCCS(=O)(=O)c1ccc(C(C)C)cc1. The van der Waals surface area contributed by atoms with Crippen LogP contribution in [-0.4, -0.2) is 20.0 Å². The van der Waals surface area contributed by atoms with Crippen molar-refractivity contribution in [2.45, 2.75) is 50.8 Å². The molecular weight excluding hydrogens is 260 g/mol. The van der Waals surface area contributed by atoms with Gasteiger partial charge in [0.05, 0.1) is 10.6 Å². The third-order valence-electron chi connectivity index (χ3n) is 3.17. The molecule has 3 nitrogen and oxygen atoms in total. The van der Waals surface area contributed by atoms with E-state index in [1.54, 1.807) is 19.1 Å². The predicted octanol–water partition coefficient (Wildman–Crippen LogP) is 3.34. The molecule has 19 heavy (non-hydrogen) atoms. The summed E-state index contributed by atoms with van der Waals surface area (Å²) in [5.41, 5.74) is 1.13. The van der Waals surface area contributed by atoms with Gasteiger partial charge in [-0.05, 0) is 30.0 Å². The summed E-state index contributed by atoms with van der Waals surface area (Å²) in [6.45, 7) is 5.93. The van der Waals surface area contributed by atoms with Gasteiger partial charge in [0.15, 0.2) is 9.84 Å². The van der Waals surface area contributed by atoms with Crippen LogP contribution in [0, 0.1) is 0 Å². The number of hydrogen-bond donors (Lipinski definition) is 0. The lowest BCUT2D eigenvalue weighted by Crippen LogP contribution is -2.09. The lowest BCUT2D eigenvalue weighted by atomic mass is 10.0. The number of carbonyl (C=O) groups excluding carboxylic acids is 1. The first-order valence-corrected chi connectivity index (χ1v) is 8.36. The Morgan fingerprint density at radius 1 is 1.16 bits per heavy atom. The summed E-state index contributed by atoms with van der Waals surface area (Å²) in [4.78, 5) is 11.5. The standard InChI is InChI=1S/C15H22O3S/c1-4-14(16)6-5-11-19(17,18)15-9-7-13(8-10-15)12(2)3/h7-10,12H,4-6,11H2,1-3H3. The molecule has 0 heterocycles. The number of Topliss-reactive ketones (excluding diaryl/α,β-unsaturated/α-hetero) is 1. The number of carbonyl (C=O) groups is 1. The van der Waals surface area contributed by atoms with Crippen LogP contribution in [-0.2, 0) is 14.6 Å². The Balaban J connectivity index is 2.69. The highest BCUT2D eigenvalue weighted by Gasteiger charge is 2.14. The summed E-state index contributed by atoms with van der Waals surface area (Å²) in [6.07, 6.45) is 1.23. The molecule has 0 atom stereocenters. The van der Waals surface area contributed by atoms with Crippen molar-refractivity contribution in [1.82, 2.24) is 0 Å². The maximum Gasteiger partial charge on any atom is 0.178 e. The Kier molecular flexibility index (Phi) is 5.73. The third-order valence-corrected chi connectivity index (χ3v) is 4.99. The topological polar surface area (TPSA) is 51.2 Å². The Bertz CT molecular complexity index is 513. The van der Waals surface area contributed by atoms with E-state index in [9.17, 15) is 13.2 Å². The third kappa shape index (κ3) is 4.78. The maximum absolute atomic E-state index is 12.1. The molecule has 106 valence electrons. The number of ketones is 1. The van der Waals surface area contributed by atoms with Crippen molar-refractivity contribution in [3.05, 3.63) is 29.8 Å². The summed E-state index contributed by atoms with van der Waals surface area (Å²) in [6, 6.07) is 7.03. The van der Waals surface area contributed by atoms with E-state index in [4.69, 9.17) is 0 Å². The molecule has 0 spiro atoms. The van der Waals surface area contributed by atoms with Crippen LogP contribution in [0.3, 0.4) is 0 Å². The number of hydrogen-bond acceptors (Lipinski definition) is 3. The van der Waals surface area contributed by atoms with Crippen LogP contribution in [0.15, 0.2) is 29.2 Å². The van der Waals surface area contributed by atoms with Gasteiger partial charge < -0.3 is 0 Å². The Morgan fingerprint density at radius 2 is 1.74 bits per heavy atom. The fourth-order valence-corrected chi connectivity index (χ4v) is 3.12. The first kappa shape index (κ1) is 15.9. The molecule has 0 aliphatic carbocycles. The molecule has 0 fully saturated rings. The van der Waals surface area contributed by atoms with E-state index in [0.717, 1.165) is 5.56 Å². The summed E-state index contributed by atoms with van der Waals surface area (Å²) >= 11 is 0. The zero-order chi connectivity index (χ0) is 14.5. The van der Waals surface area contributed by atoms with Gasteiger partial charge in [-0.25, -0.2) is 8.42 Å². The van der Waals surface area contributed by atoms with E-state index in [0.29, 0.717) is 30.1 Å². The smallest absolute Gasteiger partial charge is 0.178 e. The summed E-state index contributed by atoms with van der Waals surface area (Å²) in [7, 11) is -3.26. The first-order chi connectivity index (χ1) is 8.86. The van der Waals surface area contributed by atoms with Gasteiger partial charge >= 0.3 is 0 Å². The van der Waals surface area contributed by atoms with Gasteiger partial charge in [-0.3, -0.25) is 4.79 Å². The summed E-state index contributed by atoms with van der Waals surface area (Å²) < 4.78 is 24.1. The number of sulfone groups is 1. The second-order valence-electron chi connectivity index (χ2n) is 5.04. The van der Waals surface area contributed by atoms with Crippen molar-refractivity contribution in [2.75, 3.05) is 5.75 Å². The first-order valence-electron chi connectivity index (χ1n) is 6.71. The fourth-order valence-electron chi connectivity index (χ4n) is 1.81. The van der Waals surface area contributed by atoms with E-state index < -0.39 is 9.84 Å². The monoisotopic (exact) mass is 282 g/mol. The molecule has 1 aromatic rings. The summed E-state index contributed by atoms with van der Waals surface area (Å²) in [5.74, 6) is 0.545. The molecule has 0 radical (unpaired) electrons. The molecule has 4 heteroatoms. The van der Waals surface area contributed by atoms with E-state index in [-0.39, 0.29) is 11.5 Å². The van der Waals surface area contributed by atoms with Gasteiger partial charge in [0.25, 0.3) is 0 Å². The molecule has 0 saturated heterocycles. The molecule has 0 amide bonds. The minimum Gasteiger partial charge on any atom is -0.300 e. The van der Waals surface area contributed by atoms with Crippen LogP contribution in [0.25, 0.3) is 0 Å². The molecule has 0 saturated carbocycles.